The molecule has 0 atom stereocenters. The van der Waals surface area contributed by atoms with Crippen LogP contribution in [-0.4, -0.2) is 34.4 Å². The van der Waals surface area contributed by atoms with E-state index in [0.29, 0.717) is 24.7 Å². The first-order chi connectivity index (χ1) is 9.43. The first-order valence-corrected chi connectivity index (χ1v) is 6.95. The third kappa shape index (κ3) is 2.72. The fourth-order valence-corrected chi connectivity index (χ4v) is 2.72. The van der Waals surface area contributed by atoms with Gasteiger partial charge in [-0.3, -0.25) is 14.3 Å². The van der Waals surface area contributed by atoms with Gasteiger partial charge in [0.2, 0.25) is 0 Å². The number of aromatic amines is 1. The van der Waals surface area contributed by atoms with Gasteiger partial charge in [-0.15, -0.1) is 0 Å². The van der Waals surface area contributed by atoms with Crippen LogP contribution >= 0.6 is 0 Å². The highest BCUT2D eigenvalue weighted by Gasteiger charge is 2.29. The zero-order valence-electron chi connectivity index (χ0n) is 11.9. The second-order valence-corrected chi connectivity index (χ2v) is 5.52. The summed E-state index contributed by atoms with van der Waals surface area (Å²) in [5.74, 6) is 0.573. The van der Waals surface area contributed by atoms with Crippen LogP contribution in [0, 0.1) is 5.92 Å². The molecule has 2 rings (SSSR count). The lowest BCUT2D eigenvalue weighted by Crippen LogP contribution is -2.41. The molecule has 0 saturated heterocycles. The number of nitrogens with one attached hydrogen (secondary N) is 1. The van der Waals surface area contributed by atoms with Crippen molar-refractivity contribution in [3.63, 3.8) is 0 Å². The summed E-state index contributed by atoms with van der Waals surface area (Å²) in [6.07, 6.45) is 2.03. The van der Waals surface area contributed by atoms with Crippen molar-refractivity contribution in [1.82, 2.24) is 9.55 Å². The summed E-state index contributed by atoms with van der Waals surface area (Å²) < 4.78 is 1.39. The van der Waals surface area contributed by atoms with Gasteiger partial charge in [0.1, 0.15) is 11.5 Å². The van der Waals surface area contributed by atoms with E-state index in [1.807, 2.05) is 6.92 Å². The number of aromatic nitrogens is 2. The molecule has 20 heavy (non-hydrogen) atoms. The standard InChI is InChI=1S/C13H22N4O3/c1-3-4-17-11(14)10(12(19)15-13(17)20)16(2)7-8-5-9(18)6-8/h8-9,18H,3-7,14H2,1-2H3,(H,15,19,20). The zero-order valence-corrected chi connectivity index (χ0v) is 11.9. The van der Waals surface area contributed by atoms with Crippen molar-refractivity contribution in [2.75, 3.05) is 24.2 Å². The second-order valence-electron chi connectivity index (χ2n) is 5.52. The second kappa shape index (κ2) is 5.70. The van der Waals surface area contributed by atoms with E-state index >= 15 is 0 Å². The molecule has 0 spiro atoms. The molecule has 7 heteroatoms. The number of aliphatic hydroxyl groups excluding tert-OH is 1. The van der Waals surface area contributed by atoms with E-state index < -0.39 is 11.2 Å². The SMILES string of the molecule is CCCn1c(N)c(N(C)CC2CC(O)C2)c(=O)[nH]c1=O. The number of anilines is 2. The molecule has 0 unspecified atom stereocenters. The van der Waals surface area contributed by atoms with E-state index in [1.165, 1.54) is 4.57 Å². The molecule has 7 nitrogen and oxygen atoms in total. The van der Waals surface area contributed by atoms with Crippen molar-refractivity contribution in [2.24, 2.45) is 5.92 Å². The molecule has 4 N–H and O–H groups in total. The predicted molar refractivity (Wildman–Crippen MR) is 78.0 cm³/mol. The van der Waals surface area contributed by atoms with Crippen molar-refractivity contribution in [3.8, 4) is 0 Å². The van der Waals surface area contributed by atoms with Crippen LogP contribution in [0.15, 0.2) is 9.59 Å². The summed E-state index contributed by atoms with van der Waals surface area (Å²) in [7, 11) is 1.78. The van der Waals surface area contributed by atoms with Gasteiger partial charge in [0.25, 0.3) is 5.56 Å². The lowest BCUT2D eigenvalue weighted by Gasteiger charge is -2.35. The highest BCUT2D eigenvalue weighted by Crippen LogP contribution is 2.29. The van der Waals surface area contributed by atoms with Crippen molar-refractivity contribution >= 4 is 11.5 Å². The van der Waals surface area contributed by atoms with Gasteiger partial charge in [-0.2, -0.15) is 0 Å². The molecule has 0 amide bonds. The van der Waals surface area contributed by atoms with Gasteiger partial charge in [-0.1, -0.05) is 6.92 Å². The lowest BCUT2D eigenvalue weighted by atomic mass is 9.82. The topological polar surface area (TPSA) is 104 Å². The van der Waals surface area contributed by atoms with Crippen LogP contribution in [0.2, 0.25) is 0 Å². The van der Waals surface area contributed by atoms with E-state index in [2.05, 4.69) is 4.98 Å². The molecule has 1 aliphatic carbocycles. The van der Waals surface area contributed by atoms with Gasteiger partial charge in [-0.25, -0.2) is 4.79 Å². The Balaban J connectivity index is 2.28. The van der Waals surface area contributed by atoms with Gasteiger partial charge in [-0.05, 0) is 25.2 Å². The van der Waals surface area contributed by atoms with Crippen molar-refractivity contribution in [1.29, 1.82) is 0 Å². The Bertz CT molecular complexity index is 586. The minimum Gasteiger partial charge on any atom is -0.393 e. The molecule has 1 heterocycles. The van der Waals surface area contributed by atoms with Crippen LogP contribution in [0.5, 0.6) is 0 Å². The normalized spacial score (nSPS) is 21.6. The van der Waals surface area contributed by atoms with Gasteiger partial charge >= 0.3 is 5.69 Å². The fraction of sp³-hybridized carbons (Fsp3) is 0.692. The van der Waals surface area contributed by atoms with E-state index in [0.717, 1.165) is 19.3 Å². The van der Waals surface area contributed by atoms with E-state index in [9.17, 15) is 14.7 Å². The largest absolute Gasteiger partial charge is 0.393 e. The third-order valence-electron chi connectivity index (χ3n) is 3.79. The number of hydrogen-bond donors (Lipinski definition) is 3. The Morgan fingerprint density at radius 1 is 1.45 bits per heavy atom. The van der Waals surface area contributed by atoms with E-state index in [-0.39, 0.29) is 11.9 Å². The first kappa shape index (κ1) is 14.6. The molecule has 1 aromatic heterocycles. The number of nitrogens with zero attached hydrogens (tertiary/aromatic N) is 2. The van der Waals surface area contributed by atoms with Gasteiger partial charge in [0.15, 0.2) is 0 Å². The molecule has 0 aliphatic heterocycles. The lowest BCUT2D eigenvalue weighted by molar-refractivity contribution is 0.0464. The smallest absolute Gasteiger partial charge is 0.330 e. The molecule has 112 valence electrons. The average molecular weight is 282 g/mol. The van der Waals surface area contributed by atoms with Crippen LogP contribution < -0.4 is 21.9 Å². The van der Waals surface area contributed by atoms with Crippen molar-refractivity contribution in [2.45, 2.75) is 38.8 Å². The minimum absolute atomic E-state index is 0.211. The summed E-state index contributed by atoms with van der Waals surface area (Å²) in [6, 6.07) is 0. The Kier molecular flexibility index (Phi) is 4.17. The number of nitrogen functional groups attached to an aromatic ring is 1. The highest BCUT2D eigenvalue weighted by molar-refractivity contribution is 5.62. The molecule has 0 aromatic carbocycles. The third-order valence-corrected chi connectivity index (χ3v) is 3.79. The molecular formula is C13H22N4O3. The van der Waals surface area contributed by atoms with Crippen LogP contribution in [0.25, 0.3) is 0 Å². The minimum atomic E-state index is -0.467. The summed E-state index contributed by atoms with van der Waals surface area (Å²) in [4.78, 5) is 27.8. The van der Waals surface area contributed by atoms with Crippen LogP contribution in [0.1, 0.15) is 26.2 Å². The van der Waals surface area contributed by atoms with Gasteiger partial charge in [0.05, 0.1) is 6.10 Å². The summed E-state index contributed by atoms with van der Waals surface area (Å²) in [5, 5.41) is 9.30. The average Bonchev–Trinajstić information content (AvgIpc) is 2.32. The maximum Gasteiger partial charge on any atom is 0.330 e. The zero-order chi connectivity index (χ0) is 14.9. The molecule has 0 radical (unpaired) electrons. The molecule has 1 fully saturated rings. The van der Waals surface area contributed by atoms with Crippen molar-refractivity contribution < 1.29 is 5.11 Å². The Morgan fingerprint density at radius 2 is 2.10 bits per heavy atom. The monoisotopic (exact) mass is 282 g/mol. The first-order valence-electron chi connectivity index (χ1n) is 6.95. The summed E-state index contributed by atoms with van der Waals surface area (Å²) in [6.45, 7) is 3.06. The Morgan fingerprint density at radius 3 is 2.65 bits per heavy atom. The Labute approximate surface area is 117 Å². The number of rotatable bonds is 5. The predicted octanol–water partition coefficient (Wildman–Crippen LogP) is -0.264. The van der Waals surface area contributed by atoms with Gasteiger partial charge in [0, 0.05) is 20.1 Å². The van der Waals surface area contributed by atoms with Crippen LogP contribution in [0.3, 0.4) is 0 Å². The van der Waals surface area contributed by atoms with Gasteiger partial charge < -0.3 is 15.7 Å². The van der Waals surface area contributed by atoms with E-state index in [1.54, 1.807) is 11.9 Å². The highest BCUT2D eigenvalue weighted by atomic mass is 16.3. The van der Waals surface area contributed by atoms with Crippen LogP contribution in [-0.2, 0) is 6.54 Å². The summed E-state index contributed by atoms with van der Waals surface area (Å²) in [5.41, 5.74) is 5.40. The Hall–Kier alpha value is -1.76. The quantitative estimate of drug-likeness (QED) is 0.690. The number of H-pyrrole nitrogens is 1. The molecule has 1 saturated carbocycles. The fourth-order valence-electron chi connectivity index (χ4n) is 2.72. The molecule has 1 aliphatic rings. The maximum atomic E-state index is 12.0. The van der Waals surface area contributed by atoms with Crippen LogP contribution in [0.4, 0.5) is 11.5 Å². The summed E-state index contributed by atoms with van der Waals surface area (Å²) >= 11 is 0. The number of hydrogen-bond acceptors (Lipinski definition) is 5. The molecule has 1 aromatic rings. The number of aliphatic hydroxyl groups is 1. The van der Waals surface area contributed by atoms with Crippen molar-refractivity contribution in [3.05, 3.63) is 20.8 Å². The molecular weight excluding hydrogens is 260 g/mol. The number of nitrogens with two attached hydrogens (primary N) is 1. The van der Waals surface area contributed by atoms with E-state index in [4.69, 9.17) is 5.73 Å². The molecule has 0 bridgehead atoms. The maximum absolute atomic E-state index is 12.0.